The number of aromatic nitrogens is 1. The molecule has 0 fully saturated rings. The van der Waals surface area contributed by atoms with Crippen molar-refractivity contribution in [3.8, 4) is 0 Å². The Morgan fingerprint density at radius 1 is 1.64 bits per heavy atom. The SMILES string of the molecule is CCCCC(=O)c1csc(CCN)n1. The van der Waals surface area contributed by atoms with Crippen LogP contribution in [-0.2, 0) is 6.42 Å². The van der Waals surface area contributed by atoms with E-state index in [-0.39, 0.29) is 5.78 Å². The third-order valence-corrected chi connectivity index (χ3v) is 2.86. The molecule has 3 nitrogen and oxygen atoms in total. The van der Waals surface area contributed by atoms with E-state index in [9.17, 15) is 4.79 Å². The van der Waals surface area contributed by atoms with Gasteiger partial charge in [-0.15, -0.1) is 11.3 Å². The van der Waals surface area contributed by atoms with Gasteiger partial charge in [-0.05, 0) is 13.0 Å². The molecule has 0 aliphatic heterocycles. The van der Waals surface area contributed by atoms with Crippen molar-refractivity contribution >= 4 is 17.1 Å². The van der Waals surface area contributed by atoms with Crippen LogP contribution in [0.4, 0.5) is 0 Å². The number of unbranched alkanes of at least 4 members (excludes halogenated alkanes) is 1. The monoisotopic (exact) mass is 212 g/mol. The van der Waals surface area contributed by atoms with Crippen LogP contribution < -0.4 is 5.73 Å². The molecule has 1 rings (SSSR count). The van der Waals surface area contributed by atoms with E-state index >= 15 is 0 Å². The van der Waals surface area contributed by atoms with Crippen molar-refractivity contribution in [3.63, 3.8) is 0 Å². The van der Waals surface area contributed by atoms with Gasteiger partial charge >= 0.3 is 0 Å². The van der Waals surface area contributed by atoms with Crippen LogP contribution in [0.5, 0.6) is 0 Å². The van der Waals surface area contributed by atoms with E-state index in [1.807, 2.05) is 5.38 Å². The average Bonchev–Trinajstić information content (AvgIpc) is 2.63. The standard InChI is InChI=1S/C10H16N2OS/c1-2-3-4-9(13)8-7-14-10(12-8)5-6-11/h7H,2-6,11H2,1H3. The lowest BCUT2D eigenvalue weighted by molar-refractivity contribution is 0.0975. The summed E-state index contributed by atoms with van der Waals surface area (Å²) in [6, 6.07) is 0. The Hall–Kier alpha value is -0.740. The molecule has 14 heavy (non-hydrogen) atoms. The molecule has 1 aromatic heterocycles. The number of Topliss-reactive ketones (excluding diaryl/α,β-unsaturated/α-hetero) is 1. The van der Waals surface area contributed by atoms with Gasteiger partial charge < -0.3 is 5.73 Å². The van der Waals surface area contributed by atoms with Gasteiger partial charge in [0.25, 0.3) is 0 Å². The summed E-state index contributed by atoms with van der Waals surface area (Å²) >= 11 is 1.52. The maximum atomic E-state index is 11.5. The number of nitrogens with zero attached hydrogens (tertiary/aromatic N) is 1. The molecule has 0 saturated heterocycles. The zero-order chi connectivity index (χ0) is 10.4. The first-order chi connectivity index (χ1) is 6.77. The molecule has 1 heterocycles. The fourth-order valence-corrected chi connectivity index (χ4v) is 1.96. The fourth-order valence-electron chi connectivity index (χ4n) is 1.14. The van der Waals surface area contributed by atoms with Crippen molar-refractivity contribution in [2.24, 2.45) is 5.73 Å². The van der Waals surface area contributed by atoms with E-state index in [2.05, 4.69) is 11.9 Å². The van der Waals surface area contributed by atoms with E-state index in [4.69, 9.17) is 5.73 Å². The fraction of sp³-hybridized carbons (Fsp3) is 0.600. The number of rotatable bonds is 6. The molecule has 0 aliphatic carbocycles. The summed E-state index contributed by atoms with van der Waals surface area (Å²) in [5.41, 5.74) is 6.03. The van der Waals surface area contributed by atoms with Crippen molar-refractivity contribution < 1.29 is 4.79 Å². The van der Waals surface area contributed by atoms with Gasteiger partial charge in [0.15, 0.2) is 5.78 Å². The molecule has 0 saturated carbocycles. The summed E-state index contributed by atoms with van der Waals surface area (Å²) in [6.45, 7) is 2.67. The third-order valence-electron chi connectivity index (χ3n) is 1.95. The topological polar surface area (TPSA) is 56.0 Å². The van der Waals surface area contributed by atoms with E-state index in [1.165, 1.54) is 11.3 Å². The second kappa shape index (κ2) is 5.88. The first-order valence-corrected chi connectivity index (χ1v) is 5.83. The van der Waals surface area contributed by atoms with E-state index < -0.39 is 0 Å². The highest BCUT2D eigenvalue weighted by Gasteiger charge is 2.09. The van der Waals surface area contributed by atoms with Crippen molar-refractivity contribution in [1.29, 1.82) is 0 Å². The summed E-state index contributed by atoms with van der Waals surface area (Å²) in [6.07, 6.45) is 3.38. The van der Waals surface area contributed by atoms with E-state index in [0.717, 1.165) is 24.3 Å². The van der Waals surface area contributed by atoms with Crippen LogP contribution >= 0.6 is 11.3 Å². The summed E-state index contributed by atoms with van der Waals surface area (Å²) in [4.78, 5) is 15.8. The minimum atomic E-state index is 0.159. The maximum Gasteiger partial charge on any atom is 0.182 e. The van der Waals surface area contributed by atoms with Crippen LogP contribution in [0.15, 0.2) is 5.38 Å². The lowest BCUT2D eigenvalue weighted by atomic mass is 10.1. The quantitative estimate of drug-likeness (QED) is 0.734. The molecule has 0 unspecified atom stereocenters. The molecule has 2 N–H and O–H groups in total. The minimum absolute atomic E-state index is 0.159. The van der Waals surface area contributed by atoms with Gasteiger partial charge in [-0.3, -0.25) is 4.79 Å². The predicted octanol–water partition coefficient (Wildman–Crippen LogP) is 2.02. The van der Waals surface area contributed by atoms with Crippen molar-refractivity contribution in [1.82, 2.24) is 4.98 Å². The Morgan fingerprint density at radius 2 is 2.43 bits per heavy atom. The second-order valence-electron chi connectivity index (χ2n) is 3.19. The number of hydrogen-bond donors (Lipinski definition) is 1. The summed E-state index contributed by atoms with van der Waals surface area (Å²) in [7, 11) is 0. The van der Waals surface area contributed by atoms with Gasteiger partial charge in [-0.25, -0.2) is 4.98 Å². The van der Waals surface area contributed by atoms with Gasteiger partial charge in [0.05, 0.1) is 5.01 Å². The molecule has 0 atom stereocenters. The van der Waals surface area contributed by atoms with Gasteiger partial charge in [0.2, 0.25) is 0 Å². The molecule has 78 valence electrons. The molecule has 0 amide bonds. The highest BCUT2D eigenvalue weighted by atomic mass is 32.1. The van der Waals surface area contributed by atoms with Crippen LogP contribution in [0.1, 0.15) is 41.7 Å². The van der Waals surface area contributed by atoms with Crippen molar-refractivity contribution in [2.45, 2.75) is 32.6 Å². The number of thiazole rings is 1. The first kappa shape index (κ1) is 11.3. The normalized spacial score (nSPS) is 10.4. The Bertz CT molecular complexity index is 296. The van der Waals surface area contributed by atoms with Gasteiger partial charge in [-0.2, -0.15) is 0 Å². The number of nitrogens with two attached hydrogens (primary N) is 1. The Morgan fingerprint density at radius 3 is 3.07 bits per heavy atom. The summed E-state index contributed by atoms with van der Waals surface area (Å²) in [5.74, 6) is 0.159. The molecule has 1 aromatic rings. The number of carbonyl (C=O) groups excluding carboxylic acids is 1. The Balaban J connectivity index is 2.53. The largest absolute Gasteiger partial charge is 0.330 e. The second-order valence-corrected chi connectivity index (χ2v) is 4.13. The van der Waals surface area contributed by atoms with Crippen LogP contribution in [0.2, 0.25) is 0 Å². The highest BCUT2D eigenvalue weighted by Crippen LogP contribution is 2.12. The molecular formula is C10H16N2OS. The molecule has 4 heteroatoms. The van der Waals surface area contributed by atoms with E-state index in [0.29, 0.717) is 18.7 Å². The van der Waals surface area contributed by atoms with Gasteiger partial charge in [0.1, 0.15) is 5.69 Å². The zero-order valence-electron chi connectivity index (χ0n) is 8.45. The van der Waals surface area contributed by atoms with Gasteiger partial charge in [0, 0.05) is 18.2 Å². The maximum absolute atomic E-state index is 11.5. The molecule has 0 aromatic carbocycles. The number of hydrogen-bond acceptors (Lipinski definition) is 4. The van der Waals surface area contributed by atoms with E-state index in [1.54, 1.807) is 0 Å². The summed E-state index contributed by atoms with van der Waals surface area (Å²) < 4.78 is 0. The highest BCUT2D eigenvalue weighted by molar-refractivity contribution is 7.09. The lowest BCUT2D eigenvalue weighted by Gasteiger charge is -1.94. The molecule has 0 spiro atoms. The molecule has 0 radical (unpaired) electrons. The van der Waals surface area contributed by atoms with Crippen LogP contribution in [0.3, 0.4) is 0 Å². The van der Waals surface area contributed by atoms with Crippen LogP contribution in [-0.4, -0.2) is 17.3 Å². The Labute approximate surface area is 88.3 Å². The Kier molecular flexibility index (Phi) is 4.76. The lowest BCUT2D eigenvalue weighted by Crippen LogP contribution is -2.04. The molecule has 0 aliphatic rings. The van der Waals surface area contributed by atoms with Crippen LogP contribution in [0.25, 0.3) is 0 Å². The van der Waals surface area contributed by atoms with Crippen molar-refractivity contribution in [2.75, 3.05) is 6.54 Å². The molecule has 0 bridgehead atoms. The first-order valence-electron chi connectivity index (χ1n) is 4.95. The zero-order valence-corrected chi connectivity index (χ0v) is 9.27. The number of ketones is 1. The molecular weight excluding hydrogens is 196 g/mol. The third kappa shape index (κ3) is 3.20. The summed E-state index contributed by atoms with van der Waals surface area (Å²) in [5, 5.41) is 2.80. The average molecular weight is 212 g/mol. The number of carbonyl (C=O) groups is 1. The smallest absolute Gasteiger partial charge is 0.182 e. The predicted molar refractivity (Wildman–Crippen MR) is 58.7 cm³/mol. The minimum Gasteiger partial charge on any atom is -0.330 e. The van der Waals surface area contributed by atoms with Gasteiger partial charge in [-0.1, -0.05) is 13.3 Å². The van der Waals surface area contributed by atoms with Crippen LogP contribution in [0, 0.1) is 0 Å². The van der Waals surface area contributed by atoms with Crippen molar-refractivity contribution in [3.05, 3.63) is 16.1 Å².